The van der Waals surface area contributed by atoms with E-state index in [1.807, 2.05) is 0 Å². The van der Waals surface area contributed by atoms with Gasteiger partial charge < -0.3 is 9.84 Å². The second-order valence-electron chi connectivity index (χ2n) is 4.03. The van der Waals surface area contributed by atoms with Gasteiger partial charge in [0, 0.05) is 5.02 Å². The van der Waals surface area contributed by atoms with Crippen molar-refractivity contribution in [2.75, 3.05) is 0 Å². The maximum Gasteiger partial charge on any atom is 0.573 e. The number of aliphatic hydroxyl groups excluding tert-OH is 1. The minimum Gasteiger partial charge on any atom is -0.406 e. The molecule has 0 unspecified atom stereocenters. The van der Waals surface area contributed by atoms with Gasteiger partial charge in [0.1, 0.15) is 5.75 Å². The number of hydrogen-bond acceptors (Lipinski definition) is 2. The third-order valence-corrected chi connectivity index (χ3v) is 2.88. The molecule has 0 aliphatic carbocycles. The smallest absolute Gasteiger partial charge is 0.406 e. The van der Waals surface area contributed by atoms with Crippen LogP contribution in [0.1, 0.15) is 5.56 Å². The first-order valence-corrected chi connectivity index (χ1v) is 6.02. The number of aliphatic hydroxyl groups is 1. The number of ether oxygens (including phenoxy) is 1. The van der Waals surface area contributed by atoms with E-state index in [-0.39, 0.29) is 12.4 Å². The van der Waals surface area contributed by atoms with Gasteiger partial charge in [0.2, 0.25) is 0 Å². The second-order valence-corrected chi connectivity index (χ2v) is 4.47. The van der Waals surface area contributed by atoms with Gasteiger partial charge in [-0.25, -0.2) is 0 Å². The van der Waals surface area contributed by atoms with E-state index in [4.69, 9.17) is 11.6 Å². The van der Waals surface area contributed by atoms with Crippen molar-refractivity contribution in [2.24, 2.45) is 0 Å². The van der Waals surface area contributed by atoms with Crippen LogP contribution in [-0.4, -0.2) is 11.5 Å². The zero-order valence-electron chi connectivity index (χ0n) is 10.1. The summed E-state index contributed by atoms with van der Waals surface area (Å²) in [5, 5.41) is 9.74. The lowest BCUT2D eigenvalue weighted by Crippen LogP contribution is -2.16. The topological polar surface area (TPSA) is 29.5 Å². The van der Waals surface area contributed by atoms with E-state index in [0.29, 0.717) is 21.7 Å². The van der Waals surface area contributed by atoms with E-state index in [9.17, 15) is 18.3 Å². The fourth-order valence-electron chi connectivity index (χ4n) is 1.79. The quantitative estimate of drug-likeness (QED) is 0.910. The number of alkyl halides is 3. The van der Waals surface area contributed by atoms with Crippen molar-refractivity contribution < 1.29 is 23.0 Å². The molecule has 20 heavy (non-hydrogen) atoms. The number of hydrogen-bond donors (Lipinski definition) is 1. The second kappa shape index (κ2) is 5.73. The monoisotopic (exact) mass is 302 g/mol. The lowest BCUT2D eigenvalue weighted by molar-refractivity contribution is -0.274. The van der Waals surface area contributed by atoms with Crippen molar-refractivity contribution >= 4 is 11.6 Å². The Bertz CT molecular complexity index is 594. The van der Waals surface area contributed by atoms with Crippen molar-refractivity contribution in [3.05, 3.63) is 53.1 Å². The Kier molecular flexibility index (Phi) is 4.20. The molecule has 2 aromatic carbocycles. The molecule has 6 heteroatoms. The summed E-state index contributed by atoms with van der Waals surface area (Å²) in [6.45, 7) is -0.187. The molecule has 2 nitrogen and oxygen atoms in total. The zero-order chi connectivity index (χ0) is 14.8. The van der Waals surface area contributed by atoms with Crippen LogP contribution in [0.25, 0.3) is 11.1 Å². The minimum atomic E-state index is -4.71. The first-order valence-electron chi connectivity index (χ1n) is 5.64. The Morgan fingerprint density at radius 1 is 1.05 bits per heavy atom. The molecule has 0 radical (unpaired) electrons. The van der Waals surface area contributed by atoms with E-state index in [1.165, 1.54) is 24.3 Å². The molecule has 2 aromatic rings. The van der Waals surface area contributed by atoms with Crippen LogP contribution in [0.3, 0.4) is 0 Å². The van der Waals surface area contributed by atoms with E-state index < -0.39 is 6.36 Å². The standard InChI is InChI=1S/C14H10ClF3O2/c15-11-4-1-10(8-19)13(7-11)9-2-5-12(6-3-9)20-14(16,17)18/h1-7,19H,8H2. The van der Waals surface area contributed by atoms with E-state index >= 15 is 0 Å². The van der Waals surface area contributed by atoms with Gasteiger partial charge in [0.05, 0.1) is 6.61 Å². The van der Waals surface area contributed by atoms with Crippen LogP contribution in [-0.2, 0) is 6.61 Å². The van der Waals surface area contributed by atoms with Gasteiger partial charge in [0.15, 0.2) is 0 Å². The highest BCUT2D eigenvalue weighted by atomic mass is 35.5. The normalized spacial score (nSPS) is 11.4. The van der Waals surface area contributed by atoms with Gasteiger partial charge in [-0.2, -0.15) is 0 Å². The van der Waals surface area contributed by atoms with E-state index in [0.717, 1.165) is 0 Å². The summed E-state index contributed by atoms with van der Waals surface area (Å²) >= 11 is 5.89. The summed E-state index contributed by atoms with van der Waals surface area (Å²) in [4.78, 5) is 0. The van der Waals surface area contributed by atoms with Crippen molar-refractivity contribution in [1.82, 2.24) is 0 Å². The molecule has 0 fully saturated rings. The van der Waals surface area contributed by atoms with Crippen LogP contribution in [0.15, 0.2) is 42.5 Å². The summed E-state index contributed by atoms with van der Waals surface area (Å²) in [7, 11) is 0. The summed E-state index contributed by atoms with van der Waals surface area (Å²) in [5.74, 6) is -0.297. The fourth-order valence-corrected chi connectivity index (χ4v) is 1.96. The molecule has 0 heterocycles. The van der Waals surface area contributed by atoms with Crippen LogP contribution < -0.4 is 4.74 Å². The molecule has 0 amide bonds. The Morgan fingerprint density at radius 3 is 2.25 bits per heavy atom. The predicted octanol–water partition coefficient (Wildman–Crippen LogP) is 4.40. The number of halogens is 4. The molecule has 0 aliphatic rings. The van der Waals surface area contributed by atoms with Crippen LogP contribution >= 0.6 is 11.6 Å². The molecular weight excluding hydrogens is 293 g/mol. The van der Waals surface area contributed by atoms with Crippen molar-refractivity contribution in [1.29, 1.82) is 0 Å². The van der Waals surface area contributed by atoms with Gasteiger partial charge >= 0.3 is 6.36 Å². The average molecular weight is 303 g/mol. The first kappa shape index (κ1) is 14.7. The van der Waals surface area contributed by atoms with E-state index in [1.54, 1.807) is 18.2 Å². The first-order chi connectivity index (χ1) is 9.39. The highest BCUT2D eigenvalue weighted by molar-refractivity contribution is 6.30. The Labute approximate surface area is 118 Å². The molecule has 0 saturated carbocycles. The van der Waals surface area contributed by atoms with Crippen molar-refractivity contribution in [3.63, 3.8) is 0 Å². The molecule has 0 aromatic heterocycles. The van der Waals surface area contributed by atoms with Crippen molar-refractivity contribution in [2.45, 2.75) is 13.0 Å². The van der Waals surface area contributed by atoms with Gasteiger partial charge in [-0.3, -0.25) is 0 Å². The number of benzene rings is 2. The molecule has 0 spiro atoms. The third-order valence-electron chi connectivity index (χ3n) is 2.64. The van der Waals surface area contributed by atoms with Crippen LogP contribution in [0, 0.1) is 0 Å². The molecular formula is C14H10ClF3O2. The van der Waals surface area contributed by atoms with Gasteiger partial charge in [-0.15, -0.1) is 13.2 Å². The van der Waals surface area contributed by atoms with Gasteiger partial charge in [0.25, 0.3) is 0 Å². The summed E-state index contributed by atoms with van der Waals surface area (Å²) in [6.07, 6.45) is -4.71. The minimum absolute atomic E-state index is 0.187. The van der Waals surface area contributed by atoms with Crippen LogP contribution in [0.4, 0.5) is 13.2 Å². The Hall–Kier alpha value is -1.72. The largest absolute Gasteiger partial charge is 0.573 e. The Balaban J connectivity index is 2.33. The maximum absolute atomic E-state index is 12.1. The van der Waals surface area contributed by atoms with Gasteiger partial charge in [-0.1, -0.05) is 29.8 Å². The molecule has 0 bridgehead atoms. The molecule has 2 rings (SSSR count). The van der Waals surface area contributed by atoms with Crippen molar-refractivity contribution in [3.8, 4) is 16.9 Å². The SMILES string of the molecule is OCc1ccc(Cl)cc1-c1ccc(OC(F)(F)F)cc1. The summed E-state index contributed by atoms with van der Waals surface area (Å²) in [6, 6.07) is 10.3. The fraction of sp³-hybridized carbons (Fsp3) is 0.143. The lowest BCUT2D eigenvalue weighted by Gasteiger charge is -2.11. The van der Waals surface area contributed by atoms with Crippen LogP contribution in [0.5, 0.6) is 5.75 Å². The predicted molar refractivity (Wildman–Crippen MR) is 69.5 cm³/mol. The molecule has 0 atom stereocenters. The summed E-state index contributed by atoms with van der Waals surface area (Å²) in [5.41, 5.74) is 1.95. The molecule has 0 aliphatic heterocycles. The van der Waals surface area contributed by atoms with Crippen LogP contribution in [0.2, 0.25) is 5.02 Å². The molecule has 0 saturated heterocycles. The molecule has 1 N–H and O–H groups in total. The summed E-state index contributed by atoms with van der Waals surface area (Å²) < 4.78 is 40.0. The maximum atomic E-state index is 12.1. The highest BCUT2D eigenvalue weighted by Gasteiger charge is 2.30. The zero-order valence-corrected chi connectivity index (χ0v) is 10.9. The van der Waals surface area contributed by atoms with Gasteiger partial charge in [-0.05, 0) is 41.0 Å². The van der Waals surface area contributed by atoms with E-state index in [2.05, 4.69) is 4.74 Å². The molecule has 106 valence electrons. The Morgan fingerprint density at radius 2 is 1.70 bits per heavy atom. The lowest BCUT2D eigenvalue weighted by atomic mass is 10.00. The third kappa shape index (κ3) is 3.65. The average Bonchev–Trinajstić information content (AvgIpc) is 2.38. The number of rotatable bonds is 3. The highest BCUT2D eigenvalue weighted by Crippen LogP contribution is 2.30.